The maximum Gasteiger partial charge on any atom is 0.307 e. The molecule has 0 spiro atoms. The lowest BCUT2D eigenvalue weighted by atomic mass is 10.6. The molecule has 0 fully saturated rings. The van der Waals surface area contributed by atoms with Crippen molar-refractivity contribution in [1.82, 2.24) is 0 Å². The molecule has 1 aliphatic rings. The van der Waals surface area contributed by atoms with Gasteiger partial charge in [0, 0.05) is 6.92 Å². The SMILES string of the molecule is CC(=O)OC1=CS(=O)(=O)C1. The van der Waals surface area contributed by atoms with Crippen LogP contribution in [0.4, 0.5) is 0 Å². The zero-order chi connectivity index (χ0) is 7.78. The Morgan fingerprint density at radius 1 is 1.70 bits per heavy atom. The molecule has 0 saturated heterocycles. The first kappa shape index (κ1) is 7.27. The van der Waals surface area contributed by atoms with Crippen molar-refractivity contribution in [3.05, 3.63) is 11.2 Å². The highest BCUT2D eigenvalue weighted by molar-refractivity contribution is 7.95. The van der Waals surface area contributed by atoms with E-state index in [2.05, 4.69) is 4.74 Å². The number of esters is 1. The van der Waals surface area contributed by atoms with Crippen LogP contribution < -0.4 is 0 Å². The third-order valence-corrected chi connectivity index (χ3v) is 2.24. The Morgan fingerprint density at radius 3 is 2.50 bits per heavy atom. The van der Waals surface area contributed by atoms with Crippen LogP contribution in [0.15, 0.2) is 11.2 Å². The molecule has 0 aliphatic carbocycles. The minimum Gasteiger partial charge on any atom is -0.429 e. The number of sulfone groups is 1. The summed E-state index contributed by atoms with van der Waals surface area (Å²) >= 11 is 0. The summed E-state index contributed by atoms with van der Waals surface area (Å²) in [6.07, 6.45) is 0. The molecule has 10 heavy (non-hydrogen) atoms. The summed E-state index contributed by atoms with van der Waals surface area (Å²) in [7, 11) is -3.02. The van der Waals surface area contributed by atoms with Crippen LogP contribution in [0.1, 0.15) is 6.92 Å². The lowest BCUT2D eigenvalue weighted by Crippen LogP contribution is -2.19. The molecule has 1 aliphatic heterocycles. The van der Waals surface area contributed by atoms with Gasteiger partial charge in [0.15, 0.2) is 9.84 Å². The molecule has 0 unspecified atom stereocenters. The van der Waals surface area contributed by atoms with E-state index in [-0.39, 0.29) is 11.5 Å². The molecule has 5 heteroatoms. The molecule has 1 rings (SSSR count). The van der Waals surface area contributed by atoms with Gasteiger partial charge in [-0.1, -0.05) is 0 Å². The molecular weight excluding hydrogens is 156 g/mol. The summed E-state index contributed by atoms with van der Waals surface area (Å²) in [5.41, 5.74) is 0. The molecule has 0 amide bonds. The number of rotatable bonds is 1. The molecule has 0 aromatic rings. The van der Waals surface area contributed by atoms with Gasteiger partial charge in [-0.25, -0.2) is 8.42 Å². The second kappa shape index (κ2) is 2.09. The lowest BCUT2D eigenvalue weighted by molar-refractivity contribution is -0.136. The number of hydrogen-bond donors (Lipinski definition) is 0. The fourth-order valence-electron chi connectivity index (χ4n) is 0.613. The van der Waals surface area contributed by atoms with Crippen LogP contribution in [-0.2, 0) is 19.4 Å². The average Bonchev–Trinajstić information content (AvgIpc) is 1.57. The molecule has 56 valence electrons. The van der Waals surface area contributed by atoms with E-state index >= 15 is 0 Å². The molecule has 0 aromatic heterocycles. The minimum atomic E-state index is -3.02. The second-order valence-electron chi connectivity index (χ2n) is 1.99. The molecule has 0 radical (unpaired) electrons. The first-order chi connectivity index (χ1) is 4.49. The van der Waals surface area contributed by atoms with Crippen molar-refractivity contribution < 1.29 is 17.9 Å². The van der Waals surface area contributed by atoms with Crippen molar-refractivity contribution in [2.45, 2.75) is 6.92 Å². The van der Waals surface area contributed by atoms with Gasteiger partial charge >= 0.3 is 5.97 Å². The van der Waals surface area contributed by atoms with Gasteiger partial charge in [0.05, 0.1) is 5.41 Å². The third kappa shape index (κ3) is 1.57. The number of carbonyl (C=O) groups is 1. The number of hydrogen-bond acceptors (Lipinski definition) is 4. The van der Waals surface area contributed by atoms with Gasteiger partial charge < -0.3 is 4.74 Å². The lowest BCUT2D eigenvalue weighted by Gasteiger charge is -2.12. The maximum atomic E-state index is 10.4. The Bertz CT molecular complexity index is 285. The van der Waals surface area contributed by atoms with E-state index in [9.17, 15) is 13.2 Å². The van der Waals surface area contributed by atoms with E-state index in [0.717, 1.165) is 5.41 Å². The first-order valence-corrected chi connectivity index (χ1v) is 4.33. The third-order valence-electron chi connectivity index (χ3n) is 0.929. The van der Waals surface area contributed by atoms with Gasteiger partial charge in [0.2, 0.25) is 0 Å². The zero-order valence-corrected chi connectivity index (χ0v) is 6.14. The van der Waals surface area contributed by atoms with Gasteiger partial charge in [-0.3, -0.25) is 4.79 Å². The van der Waals surface area contributed by atoms with Crippen molar-refractivity contribution in [3.8, 4) is 0 Å². The van der Waals surface area contributed by atoms with Crippen LogP contribution in [0, 0.1) is 0 Å². The monoisotopic (exact) mass is 162 g/mol. The van der Waals surface area contributed by atoms with Crippen molar-refractivity contribution in [1.29, 1.82) is 0 Å². The highest BCUT2D eigenvalue weighted by Gasteiger charge is 2.24. The molecule has 0 bridgehead atoms. The van der Waals surface area contributed by atoms with Crippen LogP contribution in [0.3, 0.4) is 0 Å². The van der Waals surface area contributed by atoms with E-state index in [1.54, 1.807) is 0 Å². The van der Waals surface area contributed by atoms with Crippen LogP contribution in [0.5, 0.6) is 0 Å². The highest BCUT2D eigenvalue weighted by atomic mass is 32.2. The Labute approximate surface area is 58.4 Å². The quantitative estimate of drug-likeness (QED) is 0.502. The zero-order valence-electron chi connectivity index (χ0n) is 5.33. The van der Waals surface area contributed by atoms with Gasteiger partial charge in [0.25, 0.3) is 0 Å². The molecule has 0 atom stereocenters. The molecule has 4 nitrogen and oxygen atoms in total. The Balaban J connectivity index is 2.60. The van der Waals surface area contributed by atoms with Crippen LogP contribution >= 0.6 is 0 Å². The fraction of sp³-hybridized carbons (Fsp3) is 0.400. The highest BCUT2D eigenvalue weighted by Crippen LogP contribution is 2.16. The van der Waals surface area contributed by atoms with Gasteiger partial charge in [0.1, 0.15) is 11.5 Å². The largest absolute Gasteiger partial charge is 0.429 e. The Hall–Kier alpha value is -0.840. The van der Waals surface area contributed by atoms with E-state index in [1.165, 1.54) is 6.92 Å². The first-order valence-electron chi connectivity index (χ1n) is 2.61. The topological polar surface area (TPSA) is 60.4 Å². The van der Waals surface area contributed by atoms with E-state index in [1.807, 2.05) is 0 Å². The van der Waals surface area contributed by atoms with Gasteiger partial charge in [-0.15, -0.1) is 0 Å². The molecular formula is C5H6O4S. The van der Waals surface area contributed by atoms with Gasteiger partial charge in [-0.05, 0) is 0 Å². The molecule has 1 heterocycles. The summed E-state index contributed by atoms with van der Waals surface area (Å²) in [6.45, 7) is 1.23. The predicted molar refractivity (Wildman–Crippen MR) is 33.6 cm³/mol. The summed E-state index contributed by atoms with van der Waals surface area (Å²) in [5.74, 6) is -0.402. The van der Waals surface area contributed by atoms with Crippen molar-refractivity contribution in [2.75, 3.05) is 5.75 Å². The summed E-state index contributed by atoms with van der Waals surface area (Å²) < 4.78 is 25.3. The summed E-state index contributed by atoms with van der Waals surface area (Å²) in [6, 6.07) is 0. The van der Waals surface area contributed by atoms with E-state index < -0.39 is 15.8 Å². The van der Waals surface area contributed by atoms with E-state index in [4.69, 9.17) is 0 Å². The van der Waals surface area contributed by atoms with Crippen LogP contribution in [-0.4, -0.2) is 20.1 Å². The van der Waals surface area contributed by atoms with Crippen molar-refractivity contribution in [3.63, 3.8) is 0 Å². The van der Waals surface area contributed by atoms with Crippen molar-refractivity contribution >= 4 is 15.8 Å². The molecule has 0 aromatic carbocycles. The Kier molecular flexibility index (Phi) is 1.52. The van der Waals surface area contributed by atoms with Crippen LogP contribution in [0.2, 0.25) is 0 Å². The number of carbonyl (C=O) groups excluding carboxylic acids is 1. The smallest absolute Gasteiger partial charge is 0.307 e. The Morgan fingerprint density at radius 2 is 2.20 bits per heavy atom. The normalized spacial score (nSPS) is 20.7. The fourth-order valence-corrected chi connectivity index (χ4v) is 1.47. The van der Waals surface area contributed by atoms with Crippen molar-refractivity contribution in [2.24, 2.45) is 0 Å². The van der Waals surface area contributed by atoms with Crippen LogP contribution in [0.25, 0.3) is 0 Å². The predicted octanol–water partition coefficient (Wildman–Crippen LogP) is -0.181. The maximum absolute atomic E-state index is 10.4. The summed E-state index contributed by atoms with van der Waals surface area (Å²) in [4.78, 5) is 10.2. The molecule has 0 N–H and O–H groups in total. The van der Waals surface area contributed by atoms with Gasteiger partial charge in [-0.2, -0.15) is 0 Å². The average molecular weight is 162 g/mol. The van der Waals surface area contributed by atoms with E-state index in [0.29, 0.717) is 0 Å². The molecule has 0 saturated carbocycles. The number of ether oxygens (including phenoxy) is 1. The minimum absolute atomic E-state index is 0.146. The second-order valence-corrected chi connectivity index (χ2v) is 3.84. The summed E-state index contributed by atoms with van der Waals surface area (Å²) in [5, 5.41) is 0.953. The standard InChI is InChI=1S/C5H6O4S/c1-4(6)9-5-2-10(7,8)3-5/h2H,3H2,1H3.